The Labute approximate surface area is 161 Å². The number of carbonyl (C=O) groups is 2. The van der Waals surface area contributed by atoms with Crippen molar-refractivity contribution in [3.8, 4) is 0 Å². The Balaban J connectivity index is 1.46. The summed E-state index contributed by atoms with van der Waals surface area (Å²) in [6.45, 7) is 3.91. The Bertz CT molecular complexity index is 1080. The van der Waals surface area contributed by atoms with Crippen LogP contribution in [0.3, 0.4) is 0 Å². The molecule has 0 saturated carbocycles. The summed E-state index contributed by atoms with van der Waals surface area (Å²) in [7, 11) is 1.80. The molecule has 0 atom stereocenters. The molecule has 0 saturated heterocycles. The van der Waals surface area contributed by atoms with Crippen molar-refractivity contribution in [2.45, 2.75) is 33.2 Å². The number of hydrogen-bond donors (Lipinski definition) is 2. The van der Waals surface area contributed by atoms with Crippen molar-refractivity contribution in [3.63, 3.8) is 0 Å². The lowest BCUT2D eigenvalue weighted by molar-refractivity contribution is -0.124. The second-order valence-electron chi connectivity index (χ2n) is 6.59. The van der Waals surface area contributed by atoms with Crippen LogP contribution >= 0.6 is 0 Å². The Hall–Kier alpha value is -3.36. The Kier molecular flexibility index (Phi) is 5.62. The van der Waals surface area contributed by atoms with E-state index in [1.807, 2.05) is 19.9 Å². The standard InChI is InChI=1S/C19H23N5O4/c1-12-18(13(2)23(3)22-12)21-17(26)11-20-16(25)9-6-10-24-14-7-4-5-8-15(14)28-19(24)27/h4-5,7-8H,6,9-11H2,1-3H3,(H,20,25)(H,21,26). The molecule has 9 heteroatoms. The van der Waals surface area contributed by atoms with Crippen molar-refractivity contribution < 1.29 is 14.0 Å². The van der Waals surface area contributed by atoms with Gasteiger partial charge in [0.05, 0.1) is 29.1 Å². The molecule has 2 aromatic heterocycles. The fourth-order valence-electron chi connectivity index (χ4n) is 3.03. The molecule has 0 aliphatic rings. The summed E-state index contributed by atoms with van der Waals surface area (Å²) in [4.78, 5) is 36.0. The van der Waals surface area contributed by atoms with E-state index in [2.05, 4.69) is 15.7 Å². The number of carbonyl (C=O) groups excluding carboxylic acids is 2. The van der Waals surface area contributed by atoms with Gasteiger partial charge in [0, 0.05) is 20.0 Å². The number of amides is 2. The first kappa shape index (κ1) is 19.4. The Morgan fingerprint density at radius 3 is 2.64 bits per heavy atom. The number of anilines is 1. The summed E-state index contributed by atoms with van der Waals surface area (Å²) in [6.07, 6.45) is 0.655. The van der Waals surface area contributed by atoms with Crippen LogP contribution in [-0.2, 0) is 23.2 Å². The van der Waals surface area contributed by atoms with Crippen LogP contribution in [0, 0.1) is 13.8 Å². The fourth-order valence-corrected chi connectivity index (χ4v) is 3.03. The topological polar surface area (TPSA) is 111 Å². The number of aromatic nitrogens is 3. The summed E-state index contributed by atoms with van der Waals surface area (Å²) in [5.74, 6) is -1.01. The zero-order valence-electron chi connectivity index (χ0n) is 16.1. The lowest BCUT2D eigenvalue weighted by Crippen LogP contribution is -2.33. The SMILES string of the molecule is Cc1nn(C)c(C)c1NC(=O)CNC(=O)CCCn1c(=O)oc2ccccc21. The predicted molar refractivity (Wildman–Crippen MR) is 104 cm³/mol. The summed E-state index contributed by atoms with van der Waals surface area (Å²) in [5.41, 5.74) is 3.45. The molecule has 0 aliphatic carbocycles. The highest BCUT2D eigenvalue weighted by molar-refractivity contribution is 5.95. The Morgan fingerprint density at radius 2 is 1.93 bits per heavy atom. The molecule has 3 aromatic rings. The van der Waals surface area contributed by atoms with Gasteiger partial charge in [-0.1, -0.05) is 12.1 Å². The number of nitrogens with one attached hydrogen (secondary N) is 2. The molecule has 1 aromatic carbocycles. The maximum absolute atomic E-state index is 12.1. The van der Waals surface area contributed by atoms with Crippen LogP contribution in [-0.4, -0.2) is 32.7 Å². The van der Waals surface area contributed by atoms with Gasteiger partial charge in [-0.2, -0.15) is 5.10 Å². The van der Waals surface area contributed by atoms with E-state index >= 15 is 0 Å². The highest BCUT2D eigenvalue weighted by Gasteiger charge is 2.13. The Morgan fingerprint density at radius 1 is 1.18 bits per heavy atom. The maximum atomic E-state index is 12.1. The normalized spacial score (nSPS) is 11.0. The molecule has 28 heavy (non-hydrogen) atoms. The molecule has 0 aliphatic heterocycles. The van der Waals surface area contributed by atoms with Crippen LogP contribution < -0.4 is 16.4 Å². The summed E-state index contributed by atoms with van der Waals surface area (Å²) < 4.78 is 8.35. The van der Waals surface area contributed by atoms with Crippen molar-refractivity contribution in [3.05, 3.63) is 46.2 Å². The van der Waals surface area contributed by atoms with Crippen molar-refractivity contribution in [2.75, 3.05) is 11.9 Å². The van der Waals surface area contributed by atoms with Gasteiger partial charge in [-0.25, -0.2) is 4.79 Å². The second-order valence-corrected chi connectivity index (χ2v) is 6.59. The first-order chi connectivity index (χ1) is 13.4. The smallest absolute Gasteiger partial charge is 0.408 e. The van der Waals surface area contributed by atoms with Crippen LogP contribution in [0.25, 0.3) is 11.1 Å². The molecule has 2 N–H and O–H groups in total. The van der Waals surface area contributed by atoms with Gasteiger partial charge in [0.2, 0.25) is 11.8 Å². The van der Waals surface area contributed by atoms with E-state index in [1.54, 1.807) is 29.9 Å². The van der Waals surface area contributed by atoms with Gasteiger partial charge in [-0.05, 0) is 32.4 Å². The van der Waals surface area contributed by atoms with Crippen LogP contribution in [0.2, 0.25) is 0 Å². The number of benzene rings is 1. The zero-order chi connectivity index (χ0) is 20.3. The highest BCUT2D eigenvalue weighted by Crippen LogP contribution is 2.17. The molecule has 0 bridgehead atoms. The van der Waals surface area contributed by atoms with Gasteiger partial charge in [-0.3, -0.25) is 18.8 Å². The van der Waals surface area contributed by atoms with E-state index < -0.39 is 5.76 Å². The molecular weight excluding hydrogens is 362 g/mol. The predicted octanol–water partition coefficient (Wildman–Crippen LogP) is 1.48. The molecule has 0 unspecified atom stereocenters. The molecule has 2 amide bonds. The van der Waals surface area contributed by atoms with Crippen LogP contribution in [0.4, 0.5) is 5.69 Å². The lowest BCUT2D eigenvalue weighted by atomic mass is 10.2. The quantitative estimate of drug-likeness (QED) is 0.640. The number of para-hydroxylation sites is 2. The largest absolute Gasteiger partial charge is 0.419 e. The van der Waals surface area contributed by atoms with E-state index in [4.69, 9.17) is 4.42 Å². The minimum absolute atomic E-state index is 0.124. The lowest BCUT2D eigenvalue weighted by Gasteiger charge is -2.07. The van der Waals surface area contributed by atoms with Crippen molar-refractivity contribution >= 4 is 28.6 Å². The molecule has 0 radical (unpaired) electrons. The maximum Gasteiger partial charge on any atom is 0.419 e. The summed E-state index contributed by atoms with van der Waals surface area (Å²) in [6, 6.07) is 7.14. The number of fused-ring (bicyclic) bond motifs is 1. The molecule has 2 heterocycles. The first-order valence-corrected chi connectivity index (χ1v) is 9.02. The fraction of sp³-hybridized carbons (Fsp3) is 0.368. The summed E-state index contributed by atoms with van der Waals surface area (Å²) in [5, 5.41) is 9.59. The van der Waals surface area contributed by atoms with Gasteiger partial charge in [0.25, 0.3) is 0 Å². The second kappa shape index (κ2) is 8.12. The molecule has 0 spiro atoms. The molecule has 148 valence electrons. The third kappa shape index (κ3) is 4.13. The zero-order valence-corrected chi connectivity index (χ0v) is 16.1. The van der Waals surface area contributed by atoms with Crippen molar-refractivity contribution in [1.29, 1.82) is 0 Å². The number of aryl methyl sites for hydroxylation is 3. The third-order valence-electron chi connectivity index (χ3n) is 4.58. The minimum Gasteiger partial charge on any atom is -0.408 e. The van der Waals surface area contributed by atoms with Gasteiger partial charge in [0.15, 0.2) is 5.58 Å². The van der Waals surface area contributed by atoms with Gasteiger partial charge in [0.1, 0.15) is 0 Å². The molecule has 9 nitrogen and oxygen atoms in total. The molecule has 0 fully saturated rings. The first-order valence-electron chi connectivity index (χ1n) is 9.02. The molecular formula is C19H23N5O4. The third-order valence-corrected chi connectivity index (χ3v) is 4.58. The highest BCUT2D eigenvalue weighted by atomic mass is 16.4. The van der Waals surface area contributed by atoms with Crippen LogP contribution in [0.5, 0.6) is 0 Å². The van der Waals surface area contributed by atoms with Crippen molar-refractivity contribution in [1.82, 2.24) is 19.7 Å². The van der Waals surface area contributed by atoms with Gasteiger partial charge >= 0.3 is 5.76 Å². The van der Waals surface area contributed by atoms with Gasteiger partial charge in [-0.15, -0.1) is 0 Å². The van der Waals surface area contributed by atoms with Gasteiger partial charge < -0.3 is 15.1 Å². The molecule has 3 rings (SSSR count). The van der Waals surface area contributed by atoms with Crippen LogP contribution in [0.15, 0.2) is 33.5 Å². The van der Waals surface area contributed by atoms with E-state index in [-0.39, 0.29) is 24.8 Å². The van der Waals surface area contributed by atoms with E-state index in [0.29, 0.717) is 29.8 Å². The van der Waals surface area contributed by atoms with E-state index in [1.165, 1.54) is 4.57 Å². The summed E-state index contributed by atoms with van der Waals surface area (Å²) >= 11 is 0. The van der Waals surface area contributed by atoms with E-state index in [9.17, 15) is 14.4 Å². The monoisotopic (exact) mass is 385 g/mol. The number of rotatable bonds is 7. The number of nitrogens with zero attached hydrogens (tertiary/aromatic N) is 3. The number of oxazole rings is 1. The number of hydrogen-bond acceptors (Lipinski definition) is 5. The van der Waals surface area contributed by atoms with Crippen molar-refractivity contribution in [2.24, 2.45) is 7.05 Å². The minimum atomic E-state index is -0.441. The van der Waals surface area contributed by atoms with E-state index in [0.717, 1.165) is 11.4 Å². The van der Waals surface area contributed by atoms with Crippen LogP contribution in [0.1, 0.15) is 24.2 Å². The average molecular weight is 385 g/mol. The average Bonchev–Trinajstić information content (AvgIpc) is 3.10.